The van der Waals surface area contributed by atoms with E-state index in [1.165, 1.54) is 49.8 Å². The van der Waals surface area contributed by atoms with E-state index in [1.807, 2.05) is 224 Å². The number of likely N-dealkylation sites (N-methyl/N-ethyl adjacent to an activating group) is 1. The molecule has 2 unspecified atom stereocenters. The molecule has 1 saturated heterocycles. The molecule has 18 rings (SSSR count). The molecule has 7 aromatic heterocycles. The predicted octanol–water partition coefficient (Wildman–Crippen LogP) is 11.0. The van der Waals surface area contributed by atoms with Crippen LogP contribution in [-0.4, -0.2) is 224 Å². The summed E-state index contributed by atoms with van der Waals surface area (Å²) < 4.78 is 138. The molecular weight excluding hydrogens is 1970 g/mol. The Morgan fingerprint density at radius 3 is 1.20 bits per heavy atom. The molecule has 8 aromatic carbocycles. The van der Waals surface area contributed by atoms with Gasteiger partial charge in [0.2, 0.25) is 5.24 Å². The molecule has 8 heterocycles. The molecule has 0 radical (unpaired) electrons. The Morgan fingerprint density at radius 2 is 0.840 bits per heavy atom. The third kappa shape index (κ3) is 38.8. The average Bonchev–Trinajstić information content (AvgIpc) is 1.62. The van der Waals surface area contributed by atoms with Crippen LogP contribution in [0.25, 0.3) is 28.4 Å². The van der Waals surface area contributed by atoms with Gasteiger partial charge in [0.15, 0.2) is 34.3 Å². The molecule has 6 N–H and O–H groups in total. The van der Waals surface area contributed by atoms with Crippen molar-refractivity contribution in [3.05, 3.63) is 360 Å². The Morgan fingerprint density at radius 1 is 0.507 bits per heavy atom. The summed E-state index contributed by atoms with van der Waals surface area (Å²) in [6.07, 6.45) is 5.73. The zero-order valence-electron chi connectivity index (χ0n) is 77.8. The van der Waals surface area contributed by atoms with Gasteiger partial charge in [-0.1, -0.05) is 191 Å². The van der Waals surface area contributed by atoms with E-state index in [0.717, 1.165) is 95.5 Å². The number of benzene rings is 8. The smallest absolute Gasteiger partial charge is 1.00 e. The van der Waals surface area contributed by atoms with Crippen LogP contribution in [0.1, 0.15) is 147 Å². The third-order valence-electron chi connectivity index (χ3n) is 20.3. The number of nitrogens with zero attached hydrogens (tertiary/aromatic N) is 21. The molecule has 3 aliphatic rings. The van der Waals surface area contributed by atoms with Crippen molar-refractivity contribution in [2.75, 3.05) is 45.9 Å². The molecule has 0 spiro atoms. The van der Waals surface area contributed by atoms with E-state index in [9.17, 15) is 67.2 Å². The number of Topliss-reactive ketones (excluding diaryl/α,β-unsaturated/α-hetero) is 1. The first-order valence-corrected chi connectivity index (χ1v) is 47.4. The topological polar surface area (TPSA) is 481 Å². The molecule has 756 valence electrons. The number of hydrogen-bond donors (Lipinski definition) is 4. The van der Waals surface area contributed by atoms with Crippen molar-refractivity contribution in [2.45, 2.75) is 122 Å². The van der Waals surface area contributed by atoms with Crippen LogP contribution in [0.5, 0.6) is 0 Å². The van der Waals surface area contributed by atoms with E-state index >= 15 is 0 Å². The number of alkyl halides is 6. The largest absolute Gasteiger partial charge is 2.00 e. The summed E-state index contributed by atoms with van der Waals surface area (Å²) in [5, 5.41) is 71.7. The van der Waals surface area contributed by atoms with Crippen molar-refractivity contribution in [1.82, 2.24) is 99.4 Å². The number of carboxylic acids is 2. The normalized spacial score (nSPS) is 12.6. The van der Waals surface area contributed by atoms with E-state index in [4.69, 9.17) is 31.7 Å². The number of ether oxygens (including phenoxy) is 1. The SMILES string of the molecule is C.CC(=O)Cl.CN1CCOCC1.CS(=O)(=O)OS(C)(=O)=O.N#Cc1cnnn1-c1ccccc1.NC(=O)c1cnnn1-c1ccccc1.NC(Cc1ccccc1)c1cnnn1-c1ccccc1.O=C(CC(Cc1ccccc1)c1cnnn1-c1ccccc1)Cn1nc(C(F)(F)F)c2c1CCCC2.O=C(O)Cn1nc(C(F)(F)F)c2c1CCCC2.O=C(O)c1cnnn1-c1ccccc1.[CH2-]c1ccccc1.[Cl-].[Mg+2]. The van der Waals surface area contributed by atoms with Gasteiger partial charge in [-0.25, -0.2) is 28.2 Å². The number of carboxylic acid groups (broad SMARTS) is 2. The summed E-state index contributed by atoms with van der Waals surface area (Å²) in [6.45, 7) is 8.34. The Kier molecular flexibility index (Phi) is 48.4. The number of fused-ring (bicyclic) bond motifs is 2. The Hall–Kier alpha value is -14.3. The second-order valence-electron chi connectivity index (χ2n) is 31.1. The van der Waals surface area contributed by atoms with Crippen LogP contribution in [0.2, 0.25) is 0 Å². The van der Waals surface area contributed by atoms with Crippen molar-refractivity contribution in [2.24, 2.45) is 11.5 Å². The van der Waals surface area contributed by atoms with Crippen LogP contribution in [0.15, 0.2) is 274 Å². The number of para-hydroxylation sites is 5. The first-order valence-electron chi connectivity index (χ1n) is 43.4. The molecule has 2 atom stereocenters. The van der Waals surface area contributed by atoms with E-state index < -0.39 is 68.4 Å². The first kappa shape index (κ1) is 118. The number of halogens is 8. The zero-order chi connectivity index (χ0) is 102. The zero-order valence-corrected chi connectivity index (χ0v) is 82.4. The summed E-state index contributed by atoms with van der Waals surface area (Å²) in [5.74, 6) is -3.21. The van der Waals surface area contributed by atoms with Crippen LogP contribution in [-0.2, 0) is 107 Å². The Bertz CT molecular complexity index is 6610. The minimum absolute atomic E-state index is 0. The van der Waals surface area contributed by atoms with Gasteiger partial charge >= 0.3 is 47.3 Å². The minimum Gasteiger partial charge on any atom is -1.00 e. The van der Waals surface area contributed by atoms with Crippen LogP contribution >= 0.6 is 11.6 Å². The van der Waals surface area contributed by atoms with Gasteiger partial charge in [-0.05, 0) is 155 Å². The number of hydrogen-bond acceptors (Lipinski definition) is 26. The van der Waals surface area contributed by atoms with Gasteiger partial charge in [-0.3, -0.25) is 28.5 Å². The molecule has 0 bridgehead atoms. The number of nitriles is 1. The van der Waals surface area contributed by atoms with Crippen LogP contribution in [0.4, 0.5) is 26.3 Å². The van der Waals surface area contributed by atoms with Gasteiger partial charge in [0.05, 0.1) is 109 Å². The van der Waals surface area contributed by atoms with E-state index in [1.54, 1.807) is 33.9 Å². The molecule has 144 heavy (non-hydrogen) atoms. The summed E-state index contributed by atoms with van der Waals surface area (Å²) in [6, 6.07) is 78.8. The van der Waals surface area contributed by atoms with Crippen molar-refractivity contribution in [3.8, 4) is 34.5 Å². The number of aromatic nitrogens is 19. The number of ketones is 1. The fourth-order valence-corrected chi connectivity index (χ4v) is 15.9. The second kappa shape index (κ2) is 58.9. The molecule has 1 fully saturated rings. The number of carbonyl (C=O) groups excluding carboxylic acids is 3. The molecule has 36 nitrogen and oxygen atoms in total. The van der Waals surface area contributed by atoms with Gasteiger partial charge in [0.25, 0.3) is 26.1 Å². The monoisotopic (exact) mass is 2070 g/mol. The van der Waals surface area contributed by atoms with Crippen molar-refractivity contribution in [3.63, 3.8) is 0 Å². The molecule has 15 aromatic rings. The number of carbonyl (C=O) groups is 5. The Balaban J connectivity index is 0.000000258. The van der Waals surface area contributed by atoms with Crippen LogP contribution in [0, 0.1) is 18.3 Å². The summed E-state index contributed by atoms with van der Waals surface area (Å²) >= 11 is 4.64. The molecule has 1 amide bonds. The number of aromatic carboxylic acids is 1. The van der Waals surface area contributed by atoms with Crippen LogP contribution in [0.3, 0.4) is 0 Å². The van der Waals surface area contributed by atoms with E-state index in [2.05, 4.69) is 108 Å². The average molecular weight is 2070 g/mol. The van der Waals surface area contributed by atoms with Crippen molar-refractivity contribution >= 4 is 83.8 Å². The number of nitrogens with two attached hydrogens (primary N) is 2. The number of rotatable bonds is 21. The van der Waals surface area contributed by atoms with Gasteiger partial charge in [0.1, 0.15) is 12.6 Å². The van der Waals surface area contributed by atoms with E-state index in [-0.39, 0.29) is 101 Å². The van der Waals surface area contributed by atoms with Crippen LogP contribution < -0.4 is 23.9 Å². The molecule has 0 saturated carbocycles. The van der Waals surface area contributed by atoms with E-state index in [0.29, 0.717) is 80.2 Å². The quantitative estimate of drug-likeness (QED) is 0.0225. The number of aliphatic carboxylic acids is 1. The van der Waals surface area contributed by atoms with Gasteiger partial charge in [0, 0.05) is 54.9 Å². The number of amides is 1. The fourth-order valence-electron chi connectivity index (χ4n) is 14.1. The van der Waals surface area contributed by atoms with Crippen molar-refractivity contribution < 1.29 is 98.1 Å². The third-order valence-corrected chi connectivity index (χ3v) is 22.2. The summed E-state index contributed by atoms with van der Waals surface area (Å²) in [4.78, 5) is 57.1. The number of morpholine rings is 1. The molecule has 1 aliphatic heterocycles. The molecule has 47 heteroatoms. The molecular formula is C97H105Cl2F6MgN23O13S2. The fraction of sp³-hybridized carbons (Fsp3) is 0.268. The van der Waals surface area contributed by atoms with Gasteiger partial charge < -0.3 is 43.7 Å². The Labute approximate surface area is 854 Å². The summed E-state index contributed by atoms with van der Waals surface area (Å²) in [7, 11) is -5.63. The standard InChI is InChI=1S/C27H26F3N5O.C16H16N4.C10H11F3N2O2.C9H8N4O.C9H6N4.C9H7N3O2.C7H7.C5H11NO.C2H3ClO.C2H6O5S2.CH4.ClH.Mg/c28-27(29,30)26-23-13-7-8-14-24(23)34(32-26)18-22(36)16-20(15-19-9-3-1-4-10-19)25-17-31-33-35(25)21-11-5-2-6-12-21;17-15(11-13-7-3-1-4-8-13)16-12-18-19-20(16)14-9-5-2-6-10-14;11-10(12,13)9-6-3-1-2-4-7(6)15(14-9)5-8(16)17;10-9(14)8-6-11-12-13(8)7-4-2-1-3-5-7;10-6-9-7-11-12-13(9)8-4-2-1-3-5-8;13-9(14)8-6-10-11-12(8)7-4-2-1-3-5-7;1-7-5-3-2-4-6-7;1-6-2-4-7-5-3-6;1-2(3)4;1-8(3,4)7-9(2,5)6;;;/h1-6,9-12,17,20H,7-8,13-16,18H2;1-10,12,15H,11,17H2;1-5H2,(H,16,17);1-6H,(H2,10,14);1-5,7H;1-6H,(H,13,14);2-6H,1H2;2-5H2,1H3;1H3;1-2H3;1H4;1H;/q;;;;;;-1;;;;;;+2/p-1. The summed E-state index contributed by atoms with van der Waals surface area (Å²) in [5.41, 5.74) is 20.9. The van der Waals surface area contributed by atoms with Gasteiger partial charge in [-0.2, -0.15) is 83.3 Å². The maximum absolute atomic E-state index is 13.6. The molecule has 2 aliphatic carbocycles. The van der Waals surface area contributed by atoms with Gasteiger partial charge in [-0.15, -0.1) is 41.3 Å². The number of primary amides is 1. The predicted molar refractivity (Wildman–Crippen MR) is 521 cm³/mol. The maximum Gasteiger partial charge on any atom is 2.00 e. The first-order chi connectivity index (χ1) is 67.4. The maximum atomic E-state index is 13.6. The minimum atomic E-state index is -4.53. The second-order valence-corrected chi connectivity index (χ2v) is 35.0. The van der Waals surface area contributed by atoms with Crippen molar-refractivity contribution in [1.29, 1.82) is 5.26 Å².